The van der Waals surface area contributed by atoms with Gasteiger partial charge < -0.3 is 9.13 Å². The first-order valence-electron chi connectivity index (χ1n) is 15.3. The van der Waals surface area contributed by atoms with Gasteiger partial charge in [0.2, 0.25) is 0 Å². The van der Waals surface area contributed by atoms with Gasteiger partial charge in [-0.25, -0.2) is 4.98 Å². The second kappa shape index (κ2) is 9.18. The lowest BCUT2D eigenvalue weighted by Crippen LogP contribution is -1.96. The summed E-state index contributed by atoms with van der Waals surface area (Å²) in [5.74, 6) is 0. The third kappa shape index (κ3) is 3.34. The number of fused-ring (bicyclic) bond motifs is 10. The molecule has 0 atom stereocenters. The summed E-state index contributed by atoms with van der Waals surface area (Å²) in [6, 6.07) is 54.4. The first kappa shape index (κ1) is 24.3. The van der Waals surface area contributed by atoms with Gasteiger partial charge in [0.1, 0.15) is 11.8 Å². The molecule has 4 heteroatoms. The molecule has 3 aromatic heterocycles. The highest BCUT2D eigenvalue weighted by Crippen LogP contribution is 2.44. The van der Waals surface area contributed by atoms with Crippen LogP contribution in [0, 0.1) is 0 Å². The molecule has 0 aliphatic carbocycles. The number of imidazole rings is 1. The largest absolute Gasteiger partial charge is 0.309 e. The number of benzene rings is 7. The third-order valence-corrected chi connectivity index (χ3v) is 9.30. The molecular formula is C41H26N4. The second-order valence-electron chi connectivity index (χ2n) is 11.7. The van der Waals surface area contributed by atoms with Gasteiger partial charge in [-0.1, -0.05) is 91.0 Å². The molecular weight excluding hydrogens is 548 g/mol. The molecule has 0 bridgehead atoms. The first-order chi connectivity index (χ1) is 22.4. The van der Waals surface area contributed by atoms with Crippen molar-refractivity contribution in [3.8, 4) is 17.1 Å². The Labute approximate surface area is 258 Å². The van der Waals surface area contributed by atoms with Crippen LogP contribution in [0.15, 0.2) is 158 Å². The van der Waals surface area contributed by atoms with E-state index in [1.807, 2.05) is 12.4 Å². The van der Waals surface area contributed by atoms with Gasteiger partial charge in [0.05, 0.1) is 33.3 Å². The maximum atomic E-state index is 4.99. The topological polar surface area (TPSA) is 27.7 Å². The van der Waals surface area contributed by atoms with Crippen LogP contribution in [0.1, 0.15) is 0 Å². The molecule has 0 fully saturated rings. The van der Waals surface area contributed by atoms with E-state index in [1.165, 1.54) is 60.1 Å². The molecule has 0 aliphatic heterocycles. The summed E-state index contributed by atoms with van der Waals surface area (Å²) in [6.07, 6.45) is 1.94. The van der Waals surface area contributed by atoms with Gasteiger partial charge in [0, 0.05) is 38.3 Å². The van der Waals surface area contributed by atoms with Crippen LogP contribution in [0.3, 0.4) is 0 Å². The van der Waals surface area contributed by atoms with Crippen LogP contribution >= 0.6 is 0 Å². The van der Waals surface area contributed by atoms with E-state index >= 15 is 0 Å². The zero-order valence-electron chi connectivity index (χ0n) is 24.3. The van der Waals surface area contributed by atoms with Crippen molar-refractivity contribution in [2.45, 2.75) is 0 Å². The molecule has 4 nitrogen and oxygen atoms in total. The van der Waals surface area contributed by atoms with Crippen LogP contribution in [0.25, 0.3) is 82.5 Å². The van der Waals surface area contributed by atoms with E-state index in [9.17, 15) is 0 Å². The predicted octanol–water partition coefficient (Wildman–Crippen LogP) is 10.4. The molecule has 0 spiro atoms. The van der Waals surface area contributed by atoms with Gasteiger partial charge in [0.25, 0.3) is 0 Å². The van der Waals surface area contributed by atoms with E-state index in [1.54, 1.807) is 0 Å². The number of nitrogens with zero attached hydrogens (tertiary/aromatic N) is 4. The van der Waals surface area contributed by atoms with E-state index in [-0.39, 0.29) is 0 Å². The fraction of sp³-hybridized carbons (Fsp3) is 0. The zero-order valence-corrected chi connectivity index (χ0v) is 24.3. The van der Waals surface area contributed by atoms with Gasteiger partial charge in [-0.2, -0.15) is 0 Å². The average Bonchev–Trinajstić information content (AvgIpc) is 3.79. The Morgan fingerprint density at radius 1 is 0.378 bits per heavy atom. The minimum atomic E-state index is 0.975. The van der Waals surface area contributed by atoms with E-state index in [0.29, 0.717) is 0 Å². The van der Waals surface area contributed by atoms with Gasteiger partial charge in [-0.3, -0.25) is 4.57 Å². The van der Waals surface area contributed by atoms with Crippen molar-refractivity contribution >= 4 is 65.4 Å². The van der Waals surface area contributed by atoms with Crippen molar-refractivity contribution in [1.29, 1.82) is 0 Å². The van der Waals surface area contributed by atoms with Crippen molar-refractivity contribution in [2.75, 3.05) is 0 Å². The Morgan fingerprint density at radius 3 is 1.62 bits per heavy atom. The predicted molar refractivity (Wildman–Crippen MR) is 187 cm³/mol. The van der Waals surface area contributed by atoms with Crippen LogP contribution in [0.5, 0.6) is 0 Å². The molecule has 0 saturated heterocycles. The Balaban J connectivity index is 1.36. The molecule has 10 aromatic rings. The van der Waals surface area contributed by atoms with Gasteiger partial charge in [-0.15, -0.1) is 0 Å². The molecule has 0 radical (unpaired) electrons. The minimum absolute atomic E-state index is 0.975. The Morgan fingerprint density at radius 2 is 0.933 bits per heavy atom. The number of hydrogen-bond donors (Lipinski definition) is 0. The van der Waals surface area contributed by atoms with Gasteiger partial charge in [-0.05, 0) is 66.0 Å². The van der Waals surface area contributed by atoms with Crippen LogP contribution in [0.2, 0.25) is 0 Å². The fourth-order valence-corrected chi connectivity index (χ4v) is 7.45. The molecule has 45 heavy (non-hydrogen) atoms. The summed E-state index contributed by atoms with van der Waals surface area (Å²) in [7, 11) is 0. The standard InChI is InChI=1S/C41H26N4/c1-3-12-28(13-4-1)43-26-42-41-36(43)20-11-21-37(41)45-33-19-10-8-17-31(33)40-35(45)25-23-27-22-24-34-39(38(27)40)30-16-7-9-18-32(30)44(34)29-14-5-2-6-15-29/h1-26H. The molecule has 10 rings (SSSR count). The maximum absolute atomic E-state index is 4.99. The molecule has 3 heterocycles. The van der Waals surface area contributed by atoms with Gasteiger partial charge in [0.15, 0.2) is 0 Å². The number of aromatic nitrogens is 4. The zero-order chi connectivity index (χ0) is 29.5. The fourth-order valence-electron chi connectivity index (χ4n) is 7.45. The van der Waals surface area contributed by atoms with Crippen molar-refractivity contribution in [3.63, 3.8) is 0 Å². The number of para-hydroxylation sites is 5. The van der Waals surface area contributed by atoms with E-state index in [0.717, 1.165) is 22.4 Å². The highest BCUT2D eigenvalue weighted by molar-refractivity contribution is 6.33. The average molecular weight is 575 g/mol. The lowest BCUT2D eigenvalue weighted by atomic mass is 9.98. The highest BCUT2D eigenvalue weighted by Gasteiger charge is 2.21. The quantitative estimate of drug-likeness (QED) is 0.206. The maximum Gasteiger partial charge on any atom is 0.113 e. The molecule has 0 amide bonds. The minimum Gasteiger partial charge on any atom is -0.309 e. The SMILES string of the molecule is c1ccc(-n2cnc3c(-n4c5ccccc5c5c6c(ccc7c6c6ccccc6n7-c6ccccc6)ccc54)cccc32)cc1. The Kier molecular flexibility index (Phi) is 4.96. The number of hydrogen-bond acceptors (Lipinski definition) is 1. The van der Waals surface area contributed by atoms with Crippen LogP contribution in [0.4, 0.5) is 0 Å². The smallest absolute Gasteiger partial charge is 0.113 e. The normalized spacial score (nSPS) is 12.0. The summed E-state index contributed by atoms with van der Waals surface area (Å²) < 4.78 is 6.98. The van der Waals surface area contributed by atoms with Gasteiger partial charge >= 0.3 is 0 Å². The molecule has 0 unspecified atom stereocenters. The summed E-state index contributed by atoms with van der Waals surface area (Å²) >= 11 is 0. The van der Waals surface area contributed by atoms with Crippen molar-refractivity contribution in [2.24, 2.45) is 0 Å². The van der Waals surface area contributed by atoms with Crippen molar-refractivity contribution < 1.29 is 0 Å². The Bertz CT molecular complexity index is 2750. The second-order valence-corrected chi connectivity index (χ2v) is 11.7. The number of rotatable bonds is 3. The summed E-state index contributed by atoms with van der Waals surface area (Å²) in [5, 5.41) is 7.57. The van der Waals surface area contributed by atoms with E-state index < -0.39 is 0 Å². The van der Waals surface area contributed by atoms with E-state index in [4.69, 9.17) is 4.98 Å². The van der Waals surface area contributed by atoms with Crippen molar-refractivity contribution in [1.82, 2.24) is 18.7 Å². The lowest BCUT2D eigenvalue weighted by Gasteiger charge is -2.11. The summed E-state index contributed by atoms with van der Waals surface area (Å²) in [6.45, 7) is 0. The van der Waals surface area contributed by atoms with Crippen LogP contribution < -0.4 is 0 Å². The molecule has 210 valence electrons. The lowest BCUT2D eigenvalue weighted by molar-refractivity contribution is 1.09. The molecule has 7 aromatic carbocycles. The summed E-state index contributed by atoms with van der Waals surface area (Å²) in [5.41, 5.74) is 10.2. The third-order valence-electron chi connectivity index (χ3n) is 9.30. The van der Waals surface area contributed by atoms with Crippen LogP contribution in [-0.2, 0) is 0 Å². The molecule has 0 N–H and O–H groups in total. The highest BCUT2D eigenvalue weighted by atomic mass is 15.1. The monoisotopic (exact) mass is 574 g/mol. The van der Waals surface area contributed by atoms with Crippen LogP contribution in [-0.4, -0.2) is 18.7 Å². The van der Waals surface area contributed by atoms with Crippen molar-refractivity contribution in [3.05, 3.63) is 158 Å². The van der Waals surface area contributed by atoms with E-state index in [2.05, 4.69) is 159 Å². The molecule has 0 saturated carbocycles. The first-order valence-corrected chi connectivity index (χ1v) is 15.3. The Hall–Kier alpha value is -6.13. The summed E-state index contributed by atoms with van der Waals surface area (Å²) in [4.78, 5) is 4.99. The molecule has 0 aliphatic rings.